The van der Waals surface area contributed by atoms with Crippen LogP contribution in [0.3, 0.4) is 0 Å². The van der Waals surface area contributed by atoms with Crippen LogP contribution in [-0.4, -0.2) is 55.1 Å². The van der Waals surface area contributed by atoms with E-state index in [9.17, 15) is 4.79 Å². The van der Waals surface area contributed by atoms with E-state index < -0.39 is 0 Å². The Morgan fingerprint density at radius 1 is 1.30 bits per heavy atom. The zero-order chi connectivity index (χ0) is 21.9. The number of esters is 1. The van der Waals surface area contributed by atoms with Crippen molar-refractivity contribution in [3.63, 3.8) is 0 Å². The van der Waals surface area contributed by atoms with Crippen LogP contribution >= 0.6 is 11.3 Å². The van der Waals surface area contributed by atoms with Gasteiger partial charge in [0.25, 0.3) is 0 Å². The van der Waals surface area contributed by atoms with E-state index in [4.69, 9.17) is 9.73 Å². The number of benzene rings is 1. The van der Waals surface area contributed by atoms with Gasteiger partial charge in [-0.05, 0) is 40.3 Å². The number of rotatable bonds is 10. The first-order valence-corrected chi connectivity index (χ1v) is 11.2. The second-order valence-corrected chi connectivity index (χ2v) is 8.07. The number of aliphatic imine (C=N–C) groups is 1. The van der Waals surface area contributed by atoms with Gasteiger partial charge in [-0.3, -0.25) is 4.99 Å². The van der Waals surface area contributed by atoms with E-state index in [0.717, 1.165) is 30.6 Å². The molecule has 2 rings (SSSR count). The lowest BCUT2D eigenvalue weighted by Gasteiger charge is -2.18. The SMILES string of the molecule is CCNC(=NCCN(C)Cc1ccccc1)NC(C)c1nc(C)c(C(=O)OCC)s1. The first kappa shape index (κ1) is 23.8. The van der Waals surface area contributed by atoms with E-state index in [1.54, 1.807) is 6.92 Å². The van der Waals surface area contributed by atoms with E-state index in [2.05, 4.69) is 51.8 Å². The van der Waals surface area contributed by atoms with Crippen molar-refractivity contribution in [2.45, 2.75) is 40.3 Å². The molecular weight excluding hydrogens is 398 g/mol. The zero-order valence-corrected chi connectivity index (χ0v) is 19.4. The third-order valence-electron chi connectivity index (χ3n) is 4.39. The highest BCUT2D eigenvalue weighted by molar-refractivity contribution is 7.13. The molecule has 1 aromatic carbocycles. The Balaban J connectivity index is 1.93. The van der Waals surface area contributed by atoms with Crippen molar-refractivity contribution in [3.8, 4) is 0 Å². The van der Waals surface area contributed by atoms with Gasteiger partial charge in [0.15, 0.2) is 5.96 Å². The number of thiazole rings is 1. The molecule has 0 bridgehead atoms. The van der Waals surface area contributed by atoms with E-state index in [1.165, 1.54) is 16.9 Å². The van der Waals surface area contributed by atoms with Gasteiger partial charge in [-0.2, -0.15) is 0 Å². The summed E-state index contributed by atoms with van der Waals surface area (Å²) in [4.78, 5) is 24.1. The summed E-state index contributed by atoms with van der Waals surface area (Å²) >= 11 is 1.37. The number of nitrogens with one attached hydrogen (secondary N) is 2. The Bertz CT molecular complexity index is 822. The maximum atomic E-state index is 12.0. The molecule has 0 saturated carbocycles. The Kier molecular flexibility index (Phi) is 9.76. The minimum Gasteiger partial charge on any atom is -0.462 e. The topological polar surface area (TPSA) is 78.9 Å². The molecule has 164 valence electrons. The highest BCUT2D eigenvalue weighted by atomic mass is 32.1. The molecule has 30 heavy (non-hydrogen) atoms. The zero-order valence-electron chi connectivity index (χ0n) is 18.6. The molecule has 1 unspecified atom stereocenters. The summed E-state index contributed by atoms with van der Waals surface area (Å²) in [5.41, 5.74) is 1.99. The lowest BCUT2D eigenvalue weighted by atomic mass is 10.2. The fraction of sp³-hybridized carbons (Fsp3) is 0.500. The maximum Gasteiger partial charge on any atom is 0.350 e. The second kappa shape index (κ2) is 12.3. The van der Waals surface area contributed by atoms with Crippen molar-refractivity contribution in [1.82, 2.24) is 20.5 Å². The first-order chi connectivity index (χ1) is 14.4. The molecule has 2 aromatic rings. The Labute approximate surface area is 183 Å². The van der Waals surface area contributed by atoms with Gasteiger partial charge in [-0.15, -0.1) is 11.3 Å². The molecule has 2 N–H and O–H groups in total. The number of guanidine groups is 1. The summed E-state index contributed by atoms with van der Waals surface area (Å²) in [5.74, 6) is 0.427. The monoisotopic (exact) mass is 431 g/mol. The van der Waals surface area contributed by atoms with Crippen LogP contribution in [0.25, 0.3) is 0 Å². The molecule has 7 nitrogen and oxygen atoms in total. The van der Waals surface area contributed by atoms with Gasteiger partial charge < -0.3 is 20.3 Å². The fourth-order valence-corrected chi connectivity index (χ4v) is 3.85. The van der Waals surface area contributed by atoms with Crippen LogP contribution in [0.15, 0.2) is 35.3 Å². The minimum absolute atomic E-state index is 0.0725. The van der Waals surface area contributed by atoms with Crippen molar-refractivity contribution in [1.29, 1.82) is 0 Å². The van der Waals surface area contributed by atoms with Crippen LogP contribution in [0.1, 0.15) is 52.7 Å². The number of carbonyl (C=O) groups excluding carboxylic acids is 1. The summed E-state index contributed by atoms with van der Waals surface area (Å²) in [6.45, 7) is 11.2. The van der Waals surface area contributed by atoms with Crippen molar-refractivity contribution in [2.24, 2.45) is 4.99 Å². The Morgan fingerprint density at radius 3 is 2.70 bits per heavy atom. The Hall–Kier alpha value is -2.45. The third kappa shape index (κ3) is 7.42. The summed E-state index contributed by atoms with van der Waals surface area (Å²) < 4.78 is 5.11. The highest BCUT2D eigenvalue weighted by Crippen LogP contribution is 2.24. The number of ether oxygens (including phenoxy) is 1. The average Bonchev–Trinajstić information content (AvgIpc) is 3.11. The number of nitrogens with zero attached hydrogens (tertiary/aromatic N) is 3. The maximum absolute atomic E-state index is 12.0. The number of aryl methyl sites for hydroxylation is 1. The molecule has 1 atom stereocenters. The predicted molar refractivity (Wildman–Crippen MR) is 123 cm³/mol. The number of aromatic nitrogens is 1. The standard InChI is InChI=1S/C22H33N5O2S/c1-6-23-22(24-13-14-27(5)15-18-11-9-8-10-12-18)26-17(4)20-25-16(3)19(30-20)21(28)29-7-2/h8-12,17H,6-7,13-15H2,1-5H3,(H2,23,24,26). The second-order valence-electron chi connectivity index (χ2n) is 7.04. The predicted octanol–water partition coefficient (Wildman–Crippen LogP) is 3.38. The molecule has 0 amide bonds. The first-order valence-electron chi connectivity index (χ1n) is 10.4. The van der Waals surface area contributed by atoms with E-state index in [1.807, 2.05) is 26.8 Å². The van der Waals surface area contributed by atoms with Crippen LogP contribution in [0.5, 0.6) is 0 Å². The molecule has 0 aliphatic rings. The Morgan fingerprint density at radius 2 is 2.03 bits per heavy atom. The molecule has 0 saturated heterocycles. The van der Waals surface area contributed by atoms with E-state index in [-0.39, 0.29) is 12.0 Å². The molecule has 0 aliphatic heterocycles. The van der Waals surface area contributed by atoms with Gasteiger partial charge in [0.1, 0.15) is 9.88 Å². The smallest absolute Gasteiger partial charge is 0.350 e. The number of likely N-dealkylation sites (N-methyl/N-ethyl adjacent to an activating group) is 1. The molecule has 0 fully saturated rings. The van der Waals surface area contributed by atoms with Crippen LogP contribution in [0, 0.1) is 6.92 Å². The molecule has 1 aromatic heterocycles. The van der Waals surface area contributed by atoms with Crippen LogP contribution in [-0.2, 0) is 11.3 Å². The third-order valence-corrected chi connectivity index (χ3v) is 5.71. The van der Waals surface area contributed by atoms with Gasteiger partial charge in [0.05, 0.1) is 24.9 Å². The number of hydrogen-bond donors (Lipinski definition) is 2. The lowest BCUT2D eigenvalue weighted by Crippen LogP contribution is -2.39. The fourth-order valence-electron chi connectivity index (χ4n) is 2.88. The molecule has 1 heterocycles. The number of hydrogen-bond acceptors (Lipinski definition) is 6. The minimum atomic E-state index is -0.312. The van der Waals surface area contributed by atoms with Crippen molar-refractivity contribution in [2.75, 3.05) is 33.3 Å². The van der Waals surface area contributed by atoms with Crippen molar-refractivity contribution >= 4 is 23.3 Å². The summed E-state index contributed by atoms with van der Waals surface area (Å²) in [6, 6.07) is 10.3. The molecule has 0 spiro atoms. The van der Waals surface area contributed by atoms with Gasteiger partial charge in [-0.25, -0.2) is 9.78 Å². The van der Waals surface area contributed by atoms with Gasteiger partial charge in [-0.1, -0.05) is 30.3 Å². The summed E-state index contributed by atoms with van der Waals surface area (Å²) in [5, 5.41) is 7.50. The summed E-state index contributed by atoms with van der Waals surface area (Å²) in [7, 11) is 2.10. The quantitative estimate of drug-likeness (QED) is 0.341. The molecule has 0 aliphatic carbocycles. The van der Waals surface area contributed by atoms with Crippen molar-refractivity contribution in [3.05, 3.63) is 51.5 Å². The van der Waals surface area contributed by atoms with E-state index in [0.29, 0.717) is 23.7 Å². The van der Waals surface area contributed by atoms with Crippen LogP contribution < -0.4 is 10.6 Å². The van der Waals surface area contributed by atoms with Gasteiger partial charge >= 0.3 is 5.97 Å². The molecular formula is C22H33N5O2S. The summed E-state index contributed by atoms with van der Waals surface area (Å²) in [6.07, 6.45) is 0. The molecule has 8 heteroatoms. The highest BCUT2D eigenvalue weighted by Gasteiger charge is 2.20. The van der Waals surface area contributed by atoms with Gasteiger partial charge in [0.2, 0.25) is 0 Å². The molecule has 0 radical (unpaired) electrons. The lowest BCUT2D eigenvalue weighted by molar-refractivity contribution is 0.0531. The van der Waals surface area contributed by atoms with Crippen molar-refractivity contribution < 1.29 is 9.53 Å². The average molecular weight is 432 g/mol. The number of carbonyl (C=O) groups is 1. The van der Waals surface area contributed by atoms with E-state index >= 15 is 0 Å². The van der Waals surface area contributed by atoms with Crippen LogP contribution in [0.4, 0.5) is 0 Å². The van der Waals surface area contributed by atoms with Gasteiger partial charge in [0, 0.05) is 19.6 Å². The normalized spacial score (nSPS) is 12.7. The van der Waals surface area contributed by atoms with Crippen LogP contribution in [0.2, 0.25) is 0 Å². The largest absolute Gasteiger partial charge is 0.462 e.